The van der Waals surface area contributed by atoms with Gasteiger partial charge in [-0.25, -0.2) is 0 Å². The average Bonchev–Trinajstić information content (AvgIpc) is 2.28. The van der Waals surface area contributed by atoms with Gasteiger partial charge in [-0.1, -0.05) is 24.3 Å². The predicted octanol–water partition coefficient (Wildman–Crippen LogP) is 1.42. The molecule has 3 nitrogen and oxygen atoms in total. The Hall–Kier alpha value is -1.35. The fourth-order valence-corrected chi connectivity index (χ4v) is 2.21. The molecule has 15 heavy (non-hydrogen) atoms. The Morgan fingerprint density at radius 3 is 2.93 bits per heavy atom. The lowest BCUT2D eigenvalue weighted by atomic mass is 9.81. The highest BCUT2D eigenvalue weighted by molar-refractivity contribution is 5.73. The van der Waals surface area contributed by atoms with Gasteiger partial charge in [0.2, 0.25) is 0 Å². The minimum Gasteiger partial charge on any atom is -0.469 e. The van der Waals surface area contributed by atoms with Crippen LogP contribution in [0, 0.1) is 5.92 Å². The molecule has 0 bridgehead atoms. The molecule has 0 unspecified atom stereocenters. The molecule has 1 aromatic rings. The topological polar surface area (TPSA) is 52.3 Å². The van der Waals surface area contributed by atoms with Crippen molar-refractivity contribution in [1.82, 2.24) is 0 Å². The van der Waals surface area contributed by atoms with Crippen LogP contribution >= 0.6 is 0 Å². The molecule has 2 N–H and O–H groups in total. The second kappa shape index (κ2) is 4.03. The number of hydrogen-bond donors (Lipinski definition) is 1. The van der Waals surface area contributed by atoms with Crippen LogP contribution < -0.4 is 5.73 Å². The summed E-state index contributed by atoms with van der Waals surface area (Å²) in [4.78, 5) is 11.4. The summed E-state index contributed by atoms with van der Waals surface area (Å²) < 4.78 is 4.76. The number of carbonyl (C=O) groups is 1. The van der Waals surface area contributed by atoms with E-state index < -0.39 is 0 Å². The molecule has 0 aliphatic heterocycles. The van der Waals surface area contributed by atoms with Crippen molar-refractivity contribution in [2.45, 2.75) is 18.9 Å². The number of rotatable bonds is 1. The SMILES string of the molecule is COC(=O)[C@H]1Cc2ccccc2[C@H](N)C1. The van der Waals surface area contributed by atoms with E-state index in [1.54, 1.807) is 0 Å². The van der Waals surface area contributed by atoms with E-state index in [9.17, 15) is 4.79 Å². The molecule has 1 aliphatic rings. The zero-order valence-electron chi connectivity index (χ0n) is 8.77. The summed E-state index contributed by atoms with van der Waals surface area (Å²) >= 11 is 0. The Kier molecular flexibility index (Phi) is 2.73. The van der Waals surface area contributed by atoms with E-state index in [1.165, 1.54) is 12.7 Å². The van der Waals surface area contributed by atoms with Gasteiger partial charge in [0.05, 0.1) is 13.0 Å². The van der Waals surface area contributed by atoms with Gasteiger partial charge in [0.25, 0.3) is 0 Å². The van der Waals surface area contributed by atoms with Gasteiger partial charge in [-0.2, -0.15) is 0 Å². The number of benzene rings is 1. The summed E-state index contributed by atoms with van der Waals surface area (Å²) in [5.41, 5.74) is 8.36. The summed E-state index contributed by atoms with van der Waals surface area (Å²) in [6.45, 7) is 0. The summed E-state index contributed by atoms with van der Waals surface area (Å²) in [6, 6.07) is 7.99. The van der Waals surface area contributed by atoms with E-state index >= 15 is 0 Å². The molecule has 1 aliphatic carbocycles. The maximum absolute atomic E-state index is 11.4. The zero-order valence-corrected chi connectivity index (χ0v) is 8.77. The van der Waals surface area contributed by atoms with Gasteiger partial charge >= 0.3 is 5.97 Å². The van der Waals surface area contributed by atoms with Crippen molar-refractivity contribution in [3.05, 3.63) is 35.4 Å². The molecule has 3 heteroatoms. The summed E-state index contributed by atoms with van der Waals surface area (Å²) in [7, 11) is 1.42. The Morgan fingerprint density at radius 2 is 2.20 bits per heavy atom. The molecular weight excluding hydrogens is 190 g/mol. The Morgan fingerprint density at radius 1 is 1.47 bits per heavy atom. The van der Waals surface area contributed by atoms with E-state index in [0.717, 1.165) is 12.0 Å². The molecule has 0 saturated heterocycles. The Bertz CT molecular complexity index is 376. The first kappa shape index (κ1) is 10.2. The minimum atomic E-state index is -0.153. The zero-order chi connectivity index (χ0) is 10.8. The lowest BCUT2D eigenvalue weighted by molar-refractivity contribution is -0.146. The fraction of sp³-hybridized carbons (Fsp3) is 0.417. The van der Waals surface area contributed by atoms with Crippen molar-refractivity contribution in [3.8, 4) is 0 Å². The van der Waals surface area contributed by atoms with Gasteiger partial charge in [-0.05, 0) is 24.0 Å². The van der Waals surface area contributed by atoms with Crippen LogP contribution in [-0.2, 0) is 16.0 Å². The van der Waals surface area contributed by atoms with Crippen LogP contribution in [0.25, 0.3) is 0 Å². The second-order valence-corrected chi connectivity index (χ2v) is 3.97. The molecule has 0 heterocycles. The van der Waals surface area contributed by atoms with Crippen LogP contribution in [-0.4, -0.2) is 13.1 Å². The van der Waals surface area contributed by atoms with Gasteiger partial charge in [-0.15, -0.1) is 0 Å². The molecule has 0 fully saturated rings. The number of fused-ring (bicyclic) bond motifs is 1. The van der Waals surface area contributed by atoms with E-state index in [-0.39, 0.29) is 17.9 Å². The highest BCUT2D eigenvalue weighted by atomic mass is 16.5. The van der Waals surface area contributed by atoms with Crippen molar-refractivity contribution in [2.75, 3.05) is 7.11 Å². The second-order valence-electron chi connectivity index (χ2n) is 3.97. The first-order valence-corrected chi connectivity index (χ1v) is 5.13. The summed E-state index contributed by atoms with van der Waals surface area (Å²) in [6.07, 6.45) is 1.43. The lowest BCUT2D eigenvalue weighted by Crippen LogP contribution is -2.29. The normalized spacial score (nSPS) is 24.4. The van der Waals surface area contributed by atoms with E-state index in [2.05, 4.69) is 0 Å². The van der Waals surface area contributed by atoms with Gasteiger partial charge in [0.1, 0.15) is 0 Å². The van der Waals surface area contributed by atoms with Crippen LogP contribution in [0.3, 0.4) is 0 Å². The Labute approximate surface area is 89.2 Å². The van der Waals surface area contributed by atoms with E-state index in [0.29, 0.717) is 6.42 Å². The average molecular weight is 205 g/mol. The Balaban J connectivity index is 2.26. The number of nitrogens with two attached hydrogens (primary N) is 1. The predicted molar refractivity (Wildman–Crippen MR) is 57.2 cm³/mol. The first-order chi connectivity index (χ1) is 7.22. The van der Waals surface area contributed by atoms with Crippen LogP contribution in [0.1, 0.15) is 23.6 Å². The largest absolute Gasteiger partial charge is 0.469 e. The van der Waals surface area contributed by atoms with Crippen molar-refractivity contribution < 1.29 is 9.53 Å². The molecule has 0 saturated carbocycles. The number of esters is 1. The van der Waals surface area contributed by atoms with Gasteiger partial charge < -0.3 is 10.5 Å². The molecule has 0 radical (unpaired) electrons. The van der Waals surface area contributed by atoms with Crippen LogP contribution in [0.4, 0.5) is 0 Å². The lowest BCUT2D eigenvalue weighted by Gasteiger charge is -2.27. The minimum absolute atomic E-state index is 0.0425. The molecule has 0 amide bonds. The maximum Gasteiger partial charge on any atom is 0.309 e. The van der Waals surface area contributed by atoms with Crippen LogP contribution in [0.2, 0.25) is 0 Å². The number of ether oxygens (including phenoxy) is 1. The quantitative estimate of drug-likeness (QED) is 0.705. The number of hydrogen-bond acceptors (Lipinski definition) is 3. The highest BCUT2D eigenvalue weighted by Gasteiger charge is 2.29. The van der Waals surface area contributed by atoms with Crippen molar-refractivity contribution in [1.29, 1.82) is 0 Å². The molecule has 1 aromatic carbocycles. The highest BCUT2D eigenvalue weighted by Crippen LogP contribution is 2.31. The van der Waals surface area contributed by atoms with Crippen molar-refractivity contribution in [2.24, 2.45) is 11.7 Å². The third-order valence-corrected chi connectivity index (χ3v) is 2.99. The van der Waals surface area contributed by atoms with Gasteiger partial charge in [-0.3, -0.25) is 4.79 Å². The van der Waals surface area contributed by atoms with E-state index in [1.807, 2.05) is 24.3 Å². The maximum atomic E-state index is 11.4. The van der Waals surface area contributed by atoms with Gasteiger partial charge in [0.15, 0.2) is 0 Å². The summed E-state index contributed by atoms with van der Waals surface area (Å²) in [5, 5.41) is 0. The van der Waals surface area contributed by atoms with Crippen molar-refractivity contribution >= 4 is 5.97 Å². The molecular formula is C12H15NO2. The summed E-state index contributed by atoms with van der Waals surface area (Å²) in [5.74, 6) is -0.236. The fourth-order valence-electron chi connectivity index (χ4n) is 2.21. The van der Waals surface area contributed by atoms with E-state index in [4.69, 9.17) is 10.5 Å². The molecule has 2 rings (SSSR count). The smallest absolute Gasteiger partial charge is 0.309 e. The number of methoxy groups -OCH3 is 1. The van der Waals surface area contributed by atoms with Crippen LogP contribution in [0.5, 0.6) is 0 Å². The third-order valence-electron chi connectivity index (χ3n) is 2.99. The standard InChI is InChI=1S/C12H15NO2/c1-15-12(14)9-6-8-4-2-3-5-10(8)11(13)7-9/h2-5,9,11H,6-7,13H2,1H3/t9-,11+/m0/s1. The van der Waals surface area contributed by atoms with Gasteiger partial charge in [0, 0.05) is 6.04 Å². The van der Waals surface area contributed by atoms with Crippen LogP contribution in [0.15, 0.2) is 24.3 Å². The third kappa shape index (κ3) is 1.88. The molecule has 0 aromatic heterocycles. The molecule has 0 spiro atoms. The monoisotopic (exact) mass is 205 g/mol. The number of carbonyl (C=O) groups excluding carboxylic acids is 1. The first-order valence-electron chi connectivity index (χ1n) is 5.13. The molecule has 80 valence electrons. The molecule has 2 atom stereocenters. The van der Waals surface area contributed by atoms with Crippen molar-refractivity contribution in [3.63, 3.8) is 0 Å².